The lowest BCUT2D eigenvalue weighted by molar-refractivity contribution is 0.0311. The van der Waals surface area contributed by atoms with Crippen molar-refractivity contribution >= 4 is 11.7 Å². The third-order valence-electron chi connectivity index (χ3n) is 4.38. The number of anilines is 1. The predicted molar refractivity (Wildman–Crippen MR) is 107 cm³/mol. The summed E-state index contributed by atoms with van der Waals surface area (Å²) in [6, 6.07) is 26.9. The zero-order valence-electron chi connectivity index (χ0n) is 15.5. The number of hydrogen-bond donors (Lipinski definition) is 0. The molecule has 0 aliphatic carbocycles. The van der Waals surface area contributed by atoms with Gasteiger partial charge in [0.15, 0.2) is 0 Å². The van der Waals surface area contributed by atoms with Crippen LogP contribution in [0.5, 0.6) is 5.75 Å². The zero-order valence-corrected chi connectivity index (χ0v) is 15.5. The van der Waals surface area contributed by atoms with E-state index in [1.54, 1.807) is 25.3 Å². The van der Waals surface area contributed by atoms with E-state index in [0.717, 1.165) is 11.3 Å². The van der Waals surface area contributed by atoms with E-state index in [2.05, 4.69) is 4.90 Å². The Bertz CT molecular complexity index is 865. The average molecular weight is 361 g/mol. The maximum Gasteiger partial charge on any atom is 0.342 e. The zero-order chi connectivity index (χ0) is 19.1. The summed E-state index contributed by atoms with van der Waals surface area (Å²) in [4.78, 5) is 14.9. The second kappa shape index (κ2) is 8.90. The minimum absolute atomic E-state index is 0.400. The Morgan fingerprint density at radius 1 is 0.889 bits per heavy atom. The van der Waals surface area contributed by atoms with Crippen LogP contribution < -0.4 is 9.64 Å². The molecule has 3 aromatic carbocycles. The molecule has 0 aliphatic rings. The van der Waals surface area contributed by atoms with E-state index in [1.807, 2.05) is 73.8 Å². The third-order valence-corrected chi connectivity index (χ3v) is 4.38. The molecule has 0 N–H and O–H groups in total. The Balaban J connectivity index is 1.83. The molecule has 0 saturated carbocycles. The van der Waals surface area contributed by atoms with E-state index in [1.165, 1.54) is 0 Å². The summed E-state index contributed by atoms with van der Waals surface area (Å²) in [5.41, 5.74) is 2.43. The van der Waals surface area contributed by atoms with Crippen LogP contribution in [0, 0.1) is 0 Å². The molecule has 0 bridgehead atoms. The van der Waals surface area contributed by atoms with E-state index >= 15 is 0 Å². The van der Waals surface area contributed by atoms with Gasteiger partial charge in [0.25, 0.3) is 0 Å². The molecular weight excluding hydrogens is 338 g/mol. The minimum Gasteiger partial charge on any atom is -0.496 e. The molecule has 1 atom stereocenters. The molecular formula is C23H23NO3. The normalized spacial score (nSPS) is 11.5. The Labute approximate surface area is 160 Å². The molecule has 0 heterocycles. The Kier molecular flexibility index (Phi) is 6.10. The smallest absolute Gasteiger partial charge is 0.342 e. The number of hydrogen-bond acceptors (Lipinski definition) is 4. The fourth-order valence-electron chi connectivity index (χ4n) is 2.92. The fraction of sp³-hybridized carbons (Fsp3) is 0.174. The maximum absolute atomic E-state index is 12.8. The van der Waals surface area contributed by atoms with Gasteiger partial charge in [-0.2, -0.15) is 0 Å². The van der Waals surface area contributed by atoms with Crippen molar-refractivity contribution in [2.75, 3.05) is 25.6 Å². The number of nitrogens with zero attached hydrogens (tertiary/aromatic N) is 1. The highest BCUT2D eigenvalue weighted by Crippen LogP contribution is 2.25. The molecule has 1 unspecified atom stereocenters. The van der Waals surface area contributed by atoms with E-state index in [-0.39, 0.29) is 0 Å². The highest BCUT2D eigenvalue weighted by Gasteiger charge is 2.22. The number of rotatable bonds is 7. The van der Waals surface area contributed by atoms with Crippen LogP contribution in [0.15, 0.2) is 84.9 Å². The van der Waals surface area contributed by atoms with Crippen LogP contribution in [0.3, 0.4) is 0 Å². The summed E-state index contributed by atoms with van der Waals surface area (Å²) in [5.74, 6) is 0.105. The van der Waals surface area contributed by atoms with Crippen molar-refractivity contribution in [1.29, 1.82) is 0 Å². The van der Waals surface area contributed by atoms with Crippen LogP contribution >= 0.6 is 0 Å². The van der Waals surface area contributed by atoms with Gasteiger partial charge in [0.2, 0.25) is 0 Å². The number of methoxy groups -OCH3 is 1. The number of carbonyl (C=O) groups excluding carboxylic acids is 1. The van der Waals surface area contributed by atoms with E-state index in [9.17, 15) is 4.79 Å². The van der Waals surface area contributed by atoms with Gasteiger partial charge in [0, 0.05) is 12.7 Å². The minimum atomic E-state index is -0.409. The monoisotopic (exact) mass is 361 g/mol. The molecule has 4 nitrogen and oxygen atoms in total. The molecule has 0 spiro atoms. The third kappa shape index (κ3) is 4.67. The topological polar surface area (TPSA) is 38.8 Å². The van der Waals surface area contributed by atoms with E-state index in [4.69, 9.17) is 9.47 Å². The molecule has 0 aromatic heterocycles. The first-order valence-corrected chi connectivity index (χ1v) is 8.84. The first-order chi connectivity index (χ1) is 13.2. The molecule has 0 aliphatic heterocycles. The van der Waals surface area contributed by atoms with Gasteiger partial charge in [-0.3, -0.25) is 0 Å². The molecule has 27 heavy (non-hydrogen) atoms. The number of ether oxygens (including phenoxy) is 2. The molecule has 3 aromatic rings. The maximum atomic E-state index is 12.8. The van der Waals surface area contributed by atoms with Gasteiger partial charge >= 0.3 is 5.97 Å². The lowest BCUT2D eigenvalue weighted by Crippen LogP contribution is -2.27. The van der Waals surface area contributed by atoms with Gasteiger partial charge in [-0.1, -0.05) is 60.7 Å². The highest BCUT2D eigenvalue weighted by atomic mass is 16.5. The van der Waals surface area contributed by atoms with E-state index < -0.39 is 12.1 Å². The molecule has 0 fully saturated rings. The molecule has 138 valence electrons. The number of esters is 1. The molecule has 0 saturated heterocycles. The van der Waals surface area contributed by atoms with Crippen molar-refractivity contribution in [2.45, 2.75) is 6.10 Å². The largest absolute Gasteiger partial charge is 0.496 e. The lowest BCUT2D eigenvalue weighted by atomic mass is 10.1. The van der Waals surface area contributed by atoms with Crippen LogP contribution in [0.25, 0.3) is 0 Å². The Hall–Kier alpha value is -3.27. The lowest BCUT2D eigenvalue weighted by Gasteiger charge is -2.26. The second-order valence-electron chi connectivity index (χ2n) is 6.22. The summed E-state index contributed by atoms with van der Waals surface area (Å²) in [5, 5.41) is 0. The number of carbonyl (C=O) groups is 1. The SMILES string of the molecule is COc1ccccc1C(=O)OC(CN(C)c1ccccc1)c1ccccc1. The van der Waals surface area contributed by atoms with Crippen LogP contribution in [-0.2, 0) is 4.74 Å². The fourth-order valence-corrected chi connectivity index (χ4v) is 2.92. The summed E-state index contributed by atoms with van der Waals surface area (Å²) in [6.07, 6.45) is -0.409. The van der Waals surface area contributed by atoms with Crippen molar-refractivity contribution in [2.24, 2.45) is 0 Å². The summed E-state index contributed by atoms with van der Waals surface area (Å²) in [6.45, 7) is 0.537. The van der Waals surface area contributed by atoms with Gasteiger partial charge in [-0.15, -0.1) is 0 Å². The van der Waals surface area contributed by atoms with Crippen LogP contribution in [0.4, 0.5) is 5.69 Å². The van der Waals surface area contributed by atoms with Gasteiger partial charge in [-0.05, 0) is 29.8 Å². The average Bonchev–Trinajstić information content (AvgIpc) is 2.74. The molecule has 0 radical (unpaired) electrons. The quantitative estimate of drug-likeness (QED) is 0.570. The first-order valence-electron chi connectivity index (χ1n) is 8.84. The Morgan fingerprint density at radius 2 is 1.48 bits per heavy atom. The van der Waals surface area contributed by atoms with E-state index in [0.29, 0.717) is 17.9 Å². The Morgan fingerprint density at radius 3 is 2.15 bits per heavy atom. The van der Waals surface area contributed by atoms with Gasteiger partial charge in [0.1, 0.15) is 17.4 Å². The number of para-hydroxylation sites is 2. The standard InChI is InChI=1S/C23H23NO3/c1-24(19-13-7-4-8-14-19)17-22(18-11-5-3-6-12-18)27-23(25)20-15-9-10-16-21(20)26-2/h3-16,22H,17H2,1-2H3. The number of likely N-dealkylation sites (N-methyl/N-ethyl adjacent to an activating group) is 1. The number of benzene rings is 3. The second-order valence-corrected chi connectivity index (χ2v) is 6.22. The van der Waals surface area contributed by atoms with Crippen LogP contribution in [0.1, 0.15) is 22.0 Å². The van der Waals surface area contributed by atoms with Crippen molar-refractivity contribution in [1.82, 2.24) is 0 Å². The van der Waals surface area contributed by atoms with Crippen molar-refractivity contribution in [3.63, 3.8) is 0 Å². The van der Waals surface area contributed by atoms with Crippen molar-refractivity contribution in [3.8, 4) is 5.75 Å². The van der Waals surface area contributed by atoms with Gasteiger partial charge in [0.05, 0.1) is 13.7 Å². The van der Waals surface area contributed by atoms with Gasteiger partial charge in [-0.25, -0.2) is 4.79 Å². The van der Waals surface area contributed by atoms with Crippen molar-refractivity contribution < 1.29 is 14.3 Å². The predicted octanol–water partition coefficient (Wildman–Crippen LogP) is 4.73. The molecule has 0 amide bonds. The summed E-state index contributed by atoms with van der Waals surface area (Å²) in [7, 11) is 3.53. The summed E-state index contributed by atoms with van der Waals surface area (Å²) < 4.78 is 11.2. The highest BCUT2D eigenvalue weighted by molar-refractivity contribution is 5.92. The van der Waals surface area contributed by atoms with Crippen LogP contribution in [0.2, 0.25) is 0 Å². The first kappa shape index (κ1) is 18.5. The molecule has 3 rings (SSSR count). The van der Waals surface area contributed by atoms with Crippen molar-refractivity contribution in [3.05, 3.63) is 96.1 Å². The molecule has 4 heteroatoms. The van der Waals surface area contributed by atoms with Crippen LogP contribution in [-0.4, -0.2) is 26.7 Å². The summed E-state index contributed by atoms with van der Waals surface area (Å²) >= 11 is 0. The van der Waals surface area contributed by atoms with Gasteiger partial charge < -0.3 is 14.4 Å².